The maximum atomic E-state index is 11.0. The molecule has 2 N–H and O–H groups in total. The van der Waals surface area contributed by atoms with Crippen molar-refractivity contribution in [1.82, 2.24) is 4.90 Å². The normalized spacial score (nSPS) is 13.6. The molecule has 0 radical (unpaired) electrons. The minimum Gasteiger partial charge on any atom is -0.480 e. The molecule has 0 aliphatic rings. The molecule has 84 valence electrons. The molecule has 4 nitrogen and oxygen atoms in total. The van der Waals surface area contributed by atoms with Crippen molar-refractivity contribution in [3.8, 4) is 0 Å². The van der Waals surface area contributed by atoms with Crippen LogP contribution in [0.3, 0.4) is 0 Å². The molecular weight excluding hydrogens is 182 g/mol. The highest BCUT2D eigenvalue weighted by molar-refractivity contribution is 5.73. The summed E-state index contributed by atoms with van der Waals surface area (Å²) in [4.78, 5) is 12.9. The fourth-order valence-corrected chi connectivity index (χ4v) is 1.63. The zero-order chi connectivity index (χ0) is 11.1. The summed E-state index contributed by atoms with van der Waals surface area (Å²) in [6.07, 6.45) is 0.629. The summed E-state index contributed by atoms with van der Waals surface area (Å²) in [5.74, 6) is -0.689. The van der Waals surface area contributed by atoms with Crippen molar-refractivity contribution in [3.05, 3.63) is 0 Å². The van der Waals surface area contributed by atoms with E-state index in [2.05, 4.69) is 0 Å². The number of aliphatic hydroxyl groups excluding tert-OH is 1. The molecule has 1 atom stereocenters. The van der Waals surface area contributed by atoms with Gasteiger partial charge in [-0.15, -0.1) is 0 Å². The van der Waals surface area contributed by atoms with Gasteiger partial charge in [-0.1, -0.05) is 20.8 Å². The van der Waals surface area contributed by atoms with Gasteiger partial charge in [-0.2, -0.15) is 0 Å². The predicted molar refractivity (Wildman–Crippen MR) is 55.2 cm³/mol. The van der Waals surface area contributed by atoms with Crippen LogP contribution >= 0.6 is 0 Å². The molecule has 0 saturated carbocycles. The van der Waals surface area contributed by atoms with Crippen molar-refractivity contribution in [2.24, 2.45) is 5.92 Å². The highest BCUT2D eigenvalue weighted by Gasteiger charge is 2.26. The summed E-state index contributed by atoms with van der Waals surface area (Å²) in [6.45, 7) is 7.20. The Kier molecular flexibility index (Phi) is 6.49. The van der Waals surface area contributed by atoms with E-state index in [9.17, 15) is 4.79 Å². The second kappa shape index (κ2) is 6.79. The summed E-state index contributed by atoms with van der Waals surface area (Å²) in [6, 6.07) is -0.438. The third kappa shape index (κ3) is 4.07. The number of carboxylic acid groups (broad SMARTS) is 1. The van der Waals surface area contributed by atoms with E-state index in [-0.39, 0.29) is 12.5 Å². The maximum absolute atomic E-state index is 11.0. The molecular formula is C10H21NO3. The molecule has 1 unspecified atom stereocenters. The Bertz CT molecular complexity index is 171. The molecule has 0 amide bonds. The molecule has 14 heavy (non-hydrogen) atoms. The second-order valence-electron chi connectivity index (χ2n) is 3.73. The van der Waals surface area contributed by atoms with Gasteiger partial charge in [0.15, 0.2) is 0 Å². The van der Waals surface area contributed by atoms with E-state index >= 15 is 0 Å². The molecule has 0 rings (SSSR count). The lowest BCUT2D eigenvalue weighted by molar-refractivity contribution is -0.145. The molecule has 0 spiro atoms. The molecule has 0 bridgehead atoms. The lowest BCUT2D eigenvalue weighted by Gasteiger charge is -2.29. The van der Waals surface area contributed by atoms with Crippen molar-refractivity contribution >= 4 is 5.97 Å². The Hall–Kier alpha value is -0.610. The first-order chi connectivity index (χ1) is 6.54. The Labute approximate surface area is 85.5 Å². The van der Waals surface area contributed by atoms with Crippen LogP contribution in [0.5, 0.6) is 0 Å². The largest absolute Gasteiger partial charge is 0.480 e. The van der Waals surface area contributed by atoms with E-state index in [0.717, 1.165) is 0 Å². The zero-order valence-corrected chi connectivity index (χ0v) is 9.23. The average Bonchev–Trinajstić information content (AvgIpc) is 2.10. The van der Waals surface area contributed by atoms with Gasteiger partial charge in [0.2, 0.25) is 0 Å². The van der Waals surface area contributed by atoms with Gasteiger partial charge in [0.05, 0.1) is 0 Å². The maximum Gasteiger partial charge on any atom is 0.321 e. The van der Waals surface area contributed by atoms with E-state index in [4.69, 9.17) is 10.2 Å². The summed E-state index contributed by atoms with van der Waals surface area (Å²) in [5, 5.41) is 17.7. The standard InChI is InChI=1S/C10H21NO3/c1-4-11(6-5-7-12)9(8(2)3)10(13)14/h8-9,12H,4-7H2,1-3H3,(H,13,14). The van der Waals surface area contributed by atoms with Crippen LogP contribution < -0.4 is 0 Å². The van der Waals surface area contributed by atoms with Crippen LogP contribution in [0.4, 0.5) is 0 Å². The van der Waals surface area contributed by atoms with Crippen LogP contribution in [0.1, 0.15) is 27.2 Å². The highest BCUT2D eigenvalue weighted by atomic mass is 16.4. The van der Waals surface area contributed by atoms with Crippen molar-refractivity contribution in [2.75, 3.05) is 19.7 Å². The van der Waals surface area contributed by atoms with Crippen LogP contribution in [-0.2, 0) is 4.79 Å². The van der Waals surface area contributed by atoms with Crippen LogP contribution in [0, 0.1) is 5.92 Å². The van der Waals surface area contributed by atoms with Crippen molar-refractivity contribution in [1.29, 1.82) is 0 Å². The van der Waals surface area contributed by atoms with Gasteiger partial charge in [0.1, 0.15) is 6.04 Å². The number of rotatable bonds is 7. The molecule has 0 fully saturated rings. The molecule has 0 aliphatic heterocycles. The zero-order valence-electron chi connectivity index (χ0n) is 9.23. The highest BCUT2D eigenvalue weighted by Crippen LogP contribution is 2.11. The minimum absolute atomic E-state index is 0.0890. The number of carbonyl (C=O) groups is 1. The van der Waals surface area contributed by atoms with Crippen molar-refractivity contribution in [3.63, 3.8) is 0 Å². The first kappa shape index (κ1) is 13.4. The molecule has 0 aliphatic carbocycles. The smallest absolute Gasteiger partial charge is 0.321 e. The van der Waals surface area contributed by atoms with E-state index in [0.29, 0.717) is 19.5 Å². The third-order valence-corrected chi connectivity index (χ3v) is 2.29. The van der Waals surface area contributed by atoms with Gasteiger partial charge in [-0.05, 0) is 18.9 Å². The number of aliphatic hydroxyl groups is 1. The summed E-state index contributed by atoms with van der Waals surface area (Å²) in [7, 11) is 0. The lowest BCUT2D eigenvalue weighted by atomic mass is 10.0. The fourth-order valence-electron chi connectivity index (χ4n) is 1.63. The van der Waals surface area contributed by atoms with Gasteiger partial charge in [0.25, 0.3) is 0 Å². The lowest BCUT2D eigenvalue weighted by Crippen LogP contribution is -2.45. The predicted octanol–water partition coefficient (Wildman–Crippen LogP) is 0.800. The number of carboxylic acids is 1. The average molecular weight is 203 g/mol. The number of hydrogen-bond acceptors (Lipinski definition) is 3. The summed E-state index contributed by atoms with van der Waals surface area (Å²) in [5.41, 5.74) is 0. The van der Waals surface area contributed by atoms with E-state index in [1.54, 1.807) is 0 Å². The van der Waals surface area contributed by atoms with Gasteiger partial charge >= 0.3 is 5.97 Å². The van der Waals surface area contributed by atoms with Crippen LogP contribution in [0.2, 0.25) is 0 Å². The molecule has 0 aromatic rings. The van der Waals surface area contributed by atoms with Crippen molar-refractivity contribution in [2.45, 2.75) is 33.2 Å². The molecule has 4 heteroatoms. The van der Waals surface area contributed by atoms with Gasteiger partial charge in [0, 0.05) is 13.2 Å². The topological polar surface area (TPSA) is 60.8 Å². The summed E-state index contributed by atoms with van der Waals surface area (Å²) < 4.78 is 0. The molecule has 0 heterocycles. The van der Waals surface area contributed by atoms with E-state index < -0.39 is 12.0 Å². The summed E-state index contributed by atoms with van der Waals surface area (Å²) >= 11 is 0. The van der Waals surface area contributed by atoms with Gasteiger partial charge in [-0.25, -0.2) is 0 Å². The number of nitrogens with zero attached hydrogens (tertiary/aromatic N) is 1. The second-order valence-corrected chi connectivity index (χ2v) is 3.73. The molecule has 0 aromatic carbocycles. The Morgan fingerprint density at radius 1 is 1.43 bits per heavy atom. The third-order valence-electron chi connectivity index (χ3n) is 2.29. The quantitative estimate of drug-likeness (QED) is 0.642. The first-order valence-corrected chi connectivity index (χ1v) is 5.12. The monoisotopic (exact) mass is 203 g/mol. The van der Waals surface area contributed by atoms with E-state index in [1.165, 1.54) is 0 Å². The number of aliphatic carboxylic acids is 1. The fraction of sp³-hybridized carbons (Fsp3) is 0.900. The Morgan fingerprint density at radius 3 is 2.29 bits per heavy atom. The van der Waals surface area contributed by atoms with Gasteiger partial charge in [-0.3, -0.25) is 9.69 Å². The SMILES string of the molecule is CCN(CCCO)C(C(=O)O)C(C)C. The molecule has 0 saturated heterocycles. The Morgan fingerprint density at radius 2 is 2.00 bits per heavy atom. The Balaban J connectivity index is 4.34. The van der Waals surface area contributed by atoms with Crippen LogP contribution in [-0.4, -0.2) is 46.8 Å². The first-order valence-electron chi connectivity index (χ1n) is 5.12. The van der Waals surface area contributed by atoms with E-state index in [1.807, 2.05) is 25.7 Å². The van der Waals surface area contributed by atoms with Crippen LogP contribution in [0.25, 0.3) is 0 Å². The van der Waals surface area contributed by atoms with Crippen molar-refractivity contribution < 1.29 is 15.0 Å². The number of hydrogen-bond donors (Lipinski definition) is 2. The minimum atomic E-state index is -0.778. The van der Waals surface area contributed by atoms with Gasteiger partial charge < -0.3 is 10.2 Å². The van der Waals surface area contributed by atoms with Crippen LogP contribution in [0.15, 0.2) is 0 Å². The number of likely N-dealkylation sites (N-methyl/N-ethyl adjacent to an activating group) is 1. The molecule has 0 aromatic heterocycles.